The smallest absolute Gasteiger partial charge is 0.224 e. The Hall–Kier alpha value is -1.95. The van der Waals surface area contributed by atoms with Crippen molar-refractivity contribution in [3.05, 3.63) is 18.2 Å². The lowest BCUT2D eigenvalue weighted by Crippen LogP contribution is -2.10. The SMILES string of the molecule is CCCCC(=O)Nc1ccc2sc(NN=C(C)C)nc2c1. The fraction of sp³-hybridized carbons (Fsp3) is 0.400. The van der Waals surface area contributed by atoms with E-state index in [2.05, 4.69) is 27.8 Å². The summed E-state index contributed by atoms with van der Waals surface area (Å²) in [6.07, 6.45) is 2.49. The lowest BCUT2D eigenvalue weighted by Gasteiger charge is -2.04. The predicted octanol–water partition coefficient (Wildman–Crippen LogP) is 4.23. The molecule has 5 nitrogen and oxygen atoms in total. The second-order valence-corrected chi connectivity index (χ2v) is 6.05. The van der Waals surface area contributed by atoms with Crippen LogP contribution in [-0.2, 0) is 4.79 Å². The maximum absolute atomic E-state index is 11.7. The summed E-state index contributed by atoms with van der Waals surface area (Å²) < 4.78 is 1.06. The molecule has 112 valence electrons. The molecule has 2 N–H and O–H groups in total. The summed E-state index contributed by atoms with van der Waals surface area (Å²) in [5.41, 5.74) is 5.52. The average molecular weight is 304 g/mol. The first-order valence-corrected chi connectivity index (χ1v) is 7.87. The van der Waals surface area contributed by atoms with Gasteiger partial charge in [-0.25, -0.2) is 4.98 Å². The van der Waals surface area contributed by atoms with E-state index in [1.165, 1.54) is 11.3 Å². The number of unbranched alkanes of at least 4 members (excludes halogenated alkanes) is 1. The number of benzene rings is 1. The first-order chi connectivity index (χ1) is 10.1. The van der Waals surface area contributed by atoms with Gasteiger partial charge in [-0.05, 0) is 38.5 Å². The Kier molecular flexibility index (Phi) is 5.27. The van der Waals surface area contributed by atoms with Crippen molar-refractivity contribution in [2.45, 2.75) is 40.0 Å². The minimum absolute atomic E-state index is 0.0518. The van der Waals surface area contributed by atoms with Crippen molar-refractivity contribution in [2.75, 3.05) is 10.7 Å². The van der Waals surface area contributed by atoms with Crippen LogP contribution >= 0.6 is 11.3 Å². The van der Waals surface area contributed by atoms with Crippen molar-refractivity contribution < 1.29 is 4.79 Å². The molecule has 0 aliphatic carbocycles. The number of thiazole rings is 1. The molecule has 0 aliphatic heterocycles. The summed E-state index contributed by atoms with van der Waals surface area (Å²) in [5, 5.41) is 7.80. The molecule has 0 bridgehead atoms. The highest BCUT2D eigenvalue weighted by Gasteiger charge is 2.06. The fourth-order valence-electron chi connectivity index (χ4n) is 1.77. The number of amides is 1. The van der Waals surface area contributed by atoms with Crippen molar-refractivity contribution >= 4 is 44.0 Å². The van der Waals surface area contributed by atoms with Crippen molar-refractivity contribution in [1.29, 1.82) is 0 Å². The molecule has 0 fully saturated rings. The van der Waals surface area contributed by atoms with E-state index in [0.29, 0.717) is 6.42 Å². The minimum atomic E-state index is 0.0518. The van der Waals surface area contributed by atoms with E-state index < -0.39 is 0 Å². The lowest BCUT2D eigenvalue weighted by atomic mass is 10.2. The van der Waals surface area contributed by atoms with Crippen molar-refractivity contribution in [3.8, 4) is 0 Å². The molecule has 0 spiro atoms. The third-order valence-electron chi connectivity index (χ3n) is 2.80. The fourth-order valence-corrected chi connectivity index (χ4v) is 2.56. The standard InChI is InChI=1S/C15H20N4OS/c1-4-5-6-14(20)16-11-7-8-13-12(9-11)17-15(21-13)19-18-10(2)3/h7-9H,4-6H2,1-3H3,(H,16,20)(H,17,19). The van der Waals surface area contributed by atoms with E-state index in [-0.39, 0.29) is 5.91 Å². The van der Waals surface area contributed by atoms with Crippen LogP contribution in [0.2, 0.25) is 0 Å². The molecule has 0 unspecified atom stereocenters. The third kappa shape index (κ3) is 4.53. The van der Waals surface area contributed by atoms with Crippen LogP contribution in [0.5, 0.6) is 0 Å². The van der Waals surface area contributed by atoms with Gasteiger partial charge in [0.15, 0.2) is 0 Å². The number of hydrogen-bond acceptors (Lipinski definition) is 5. The average Bonchev–Trinajstić information content (AvgIpc) is 2.85. The third-order valence-corrected chi connectivity index (χ3v) is 3.74. The van der Waals surface area contributed by atoms with Crippen LogP contribution in [0, 0.1) is 0 Å². The first-order valence-electron chi connectivity index (χ1n) is 7.06. The molecule has 0 saturated carbocycles. The normalized spacial score (nSPS) is 10.4. The summed E-state index contributed by atoms with van der Waals surface area (Å²) >= 11 is 1.54. The van der Waals surface area contributed by atoms with Crippen molar-refractivity contribution in [3.63, 3.8) is 0 Å². The zero-order valence-electron chi connectivity index (χ0n) is 12.6. The van der Waals surface area contributed by atoms with Crippen LogP contribution in [-0.4, -0.2) is 16.6 Å². The van der Waals surface area contributed by atoms with Gasteiger partial charge >= 0.3 is 0 Å². The van der Waals surface area contributed by atoms with Gasteiger partial charge in [0.25, 0.3) is 0 Å². The Morgan fingerprint density at radius 3 is 2.90 bits per heavy atom. The molecule has 0 radical (unpaired) electrons. The maximum Gasteiger partial charge on any atom is 0.224 e. The van der Waals surface area contributed by atoms with Gasteiger partial charge in [0, 0.05) is 17.8 Å². The molecule has 1 aromatic carbocycles. The zero-order chi connectivity index (χ0) is 15.2. The van der Waals surface area contributed by atoms with E-state index in [1.54, 1.807) is 0 Å². The summed E-state index contributed by atoms with van der Waals surface area (Å²) in [6, 6.07) is 5.77. The van der Waals surface area contributed by atoms with Crippen LogP contribution in [0.1, 0.15) is 40.0 Å². The number of fused-ring (bicyclic) bond motifs is 1. The Morgan fingerprint density at radius 1 is 1.38 bits per heavy atom. The molecular weight excluding hydrogens is 284 g/mol. The Bertz CT molecular complexity index is 659. The van der Waals surface area contributed by atoms with Gasteiger partial charge in [-0.3, -0.25) is 10.2 Å². The molecule has 1 amide bonds. The van der Waals surface area contributed by atoms with Crippen molar-refractivity contribution in [1.82, 2.24) is 4.98 Å². The first kappa shape index (κ1) is 15.4. The summed E-state index contributed by atoms with van der Waals surface area (Å²) in [4.78, 5) is 16.2. The number of nitrogens with one attached hydrogen (secondary N) is 2. The van der Waals surface area contributed by atoms with Crippen LogP contribution < -0.4 is 10.7 Å². The van der Waals surface area contributed by atoms with E-state index in [0.717, 1.165) is 39.6 Å². The molecule has 1 heterocycles. The second kappa shape index (κ2) is 7.17. The van der Waals surface area contributed by atoms with Crippen LogP contribution in [0.3, 0.4) is 0 Å². The van der Waals surface area contributed by atoms with Gasteiger partial charge in [-0.1, -0.05) is 24.7 Å². The zero-order valence-corrected chi connectivity index (χ0v) is 13.4. The molecule has 0 atom stereocenters. The van der Waals surface area contributed by atoms with E-state index in [9.17, 15) is 4.79 Å². The van der Waals surface area contributed by atoms with Crippen molar-refractivity contribution in [2.24, 2.45) is 5.10 Å². The number of anilines is 2. The summed E-state index contributed by atoms with van der Waals surface area (Å²) in [6.45, 7) is 5.91. The van der Waals surface area contributed by atoms with E-state index >= 15 is 0 Å². The van der Waals surface area contributed by atoms with Gasteiger partial charge in [-0.15, -0.1) is 0 Å². The lowest BCUT2D eigenvalue weighted by molar-refractivity contribution is -0.116. The maximum atomic E-state index is 11.7. The number of rotatable bonds is 6. The molecule has 21 heavy (non-hydrogen) atoms. The number of hydrogen-bond donors (Lipinski definition) is 2. The highest BCUT2D eigenvalue weighted by molar-refractivity contribution is 7.22. The van der Waals surface area contributed by atoms with Crippen LogP contribution in [0.25, 0.3) is 10.2 Å². The van der Waals surface area contributed by atoms with Gasteiger partial charge < -0.3 is 5.32 Å². The largest absolute Gasteiger partial charge is 0.326 e. The molecule has 0 aliphatic rings. The summed E-state index contributed by atoms with van der Waals surface area (Å²) in [7, 11) is 0. The Balaban J connectivity index is 2.10. The van der Waals surface area contributed by atoms with Gasteiger partial charge in [0.05, 0.1) is 10.2 Å². The molecule has 1 aromatic heterocycles. The molecule has 6 heteroatoms. The monoisotopic (exact) mass is 304 g/mol. The number of hydrazone groups is 1. The van der Waals surface area contributed by atoms with Crippen LogP contribution in [0.4, 0.5) is 10.8 Å². The highest BCUT2D eigenvalue weighted by atomic mass is 32.1. The van der Waals surface area contributed by atoms with Gasteiger partial charge in [0.2, 0.25) is 11.0 Å². The molecular formula is C15H20N4OS. The molecule has 0 saturated heterocycles. The number of aromatic nitrogens is 1. The Morgan fingerprint density at radius 2 is 2.19 bits per heavy atom. The quantitative estimate of drug-likeness (QED) is 0.620. The van der Waals surface area contributed by atoms with Crippen LogP contribution in [0.15, 0.2) is 23.3 Å². The second-order valence-electron chi connectivity index (χ2n) is 5.02. The van der Waals surface area contributed by atoms with Gasteiger partial charge in [0.1, 0.15) is 0 Å². The molecule has 2 aromatic rings. The molecule has 2 rings (SSSR count). The van der Waals surface area contributed by atoms with Gasteiger partial charge in [-0.2, -0.15) is 5.10 Å². The number of carbonyl (C=O) groups is 1. The number of nitrogens with zero attached hydrogens (tertiary/aromatic N) is 2. The minimum Gasteiger partial charge on any atom is -0.326 e. The topological polar surface area (TPSA) is 66.4 Å². The predicted molar refractivity (Wildman–Crippen MR) is 90.2 cm³/mol. The number of carbonyl (C=O) groups excluding carboxylic acids is 1. The van der Waals surface area contributed by atoms with E-state index in [4.69, 9.17) is 0 Å². The Labute approximate surface area is 128 Å². The van der Waals surface area contributed by atoms with E-state index in [1.807, 2.05) is 32.0 Å². The highest BCUT2D eigenvalue weighted by Crippen LogP contribution is 2.28. The summed E-state index contributed by atoms with van der Waals surface area (Å²) in [5.74, 6) is 0.0518.